The van der Waals surface area contributed by atoms with Crippen LogP contribution in [0.5, 0.6) is 0 Å². The molecule has 1 amide bonds. The van der Waals surface area contributed by atoms with Crippen LogP contribution in [0.1, 0.15) is 47.8 Å². The fraction of sp³-hybridized carbons (Fsp3) is 0.250. The van der Waals surface area contributed by atoms with Gasteiger partial charge in [0.05, 0.1) is 10.7 Å². The summed E-state index contributed by atoms with van der Waals surface area (Å²) in [6, 6.07) is 16.6. The average molecular weight is 420 g/mol. The number of para-hydroxylation sites is 1. The molecule has 0 saturated heterocycles. The number of halogens is 2. The van der Waals surface area contributed by atoms with Crippen LogP contribution in [0.3, 0.4) is 0 Å². The molecule has 1 aromatic heterocycles. The summed E-state index contributed by atoms with van der Waals surface area (Å²) in [4.78, 5) is 17.0. The Labute approximate surface area is 175 Å². The van der Waals surface area contributed by atoms with Crippen molar-refractivity contribution in [3.63, 3.8) is 0 Å². The summed E-state index contributed by atoms with van der Waals surface area (Å²) in [6.07, 6.45) is 0. The lowest BCUT2D eigenvalue weighted by Gasteiger charge is -2.12. The number of hydrogen-bond acceptors (Lipinski definition) is 4. The third-order valence-electron chi connectivity index (χ3n) is 4.14. The highest BCUT2D eigenvalue weighted by Crippen LogP contribution is 2.23. The van der Waals surface area contributed by atoms with Crippen LogP contribution >= 0.6 is 24.0 Å². The van der Waals surface area contributed by atoms with E-state index in [0.717, 1.165) is 5.56 Å². The highest BCUT2D eigenvalue weighted by Gasteiger charge is 2.21. The second-order valence-corrected chi connectivity index (χ2v) is 6.95. The van der Waals surface area contributed by atoms with Gasteiger partial charge in [-0.05, 0) is 17.7 Å². The second-order valence-electron chi connectivity index (χ2n) is 6.54. The Hall–Kier alpha value is -2.41. The lowest BCUT2D eigenvalue weighted by molar-refractivity contribution is 0.0941. The smallest absolute Gasteiger partial charge is 0.291 e. The predicted molar refractivity (Wildman–Crippen MR) is 113 cm³/mol. The normalized spacial score (nSPS) is 11.8. The molecule has 0 bridgehead atoms. The topological polar surface area (TPSA) is 85.8 Å². The first-order valence-electron chi connectivity index (χ1n) is 8.78. The van der Waals surface area contributed by atoms with Gasteiger partial charge in [0.25, 0.3) is 5.91 Å². The minimum Gasteiger partial charge on any atom is -0.347 e. The molecule has 2 aromatic carbocycles. The van der Waals surface area contributed by atoms with Gasteiger partial charge in [-0.2, -0.15) is 0 Å². The summed E-state index contributed by atoms with van der Waals surface area (Å²) in [5, 5.41) is 7.73. The molecule has 1 unspecified atom stereocenters. The van der Waals surface area contributed by atoms with E-state index >= 15 is 0 Å². The van der Waals surface area contributed by atoms with Gasteiger partial charge < -0.3 is 11.1 Å². The number of nitrogens with zero attached hydrogens (tertiary/aromatic N) is 3. The van der Waals surface area contributed by atoms with Crippen LogP contribution in [0.25, 0.3) is 5.69 Å². The van der Waals surface area contributed by atoms with Crippen molar-refractivity contribution in [3.8, 4) is 5.69 Å². The van der Waals surface area contributed by atoms with Crippen LogP contribution in [0.2, 0.25) is 5.02 Å². The molecule has 8 heteroatoms. The molecule has 0 aliphatic rings. The van der Waals surface area contributed by atoms with E-state index in [1.165, 1.54) is 0 Å². The van der Waals surface area contributed by atoms with Crippen molar-refractivity contribution in [1.82, 2.24) is 20.1 Å². The van der Waals surface area contributed by atoms with E-state index in [1.54, 1.807) is 10.7 Å². The van der Waals surface area contributed by atoms with Gasteiger partial charge in [0, 0.05) is 18.5 Å². The molecule has 0 spiro atoms. The van der Waals surface area contributed by atoms with E-state index in [9.17, 15) is 4.79 Å². The highest BCUT2D eigenvalue weighted by molar-refractivity contribution is 6.32. The molecule has 6 nitrogen and oxygen atoms in total. The zero-order valence-electron chi connectivity index (χ0n) is 15.7. The number of nitrogens with two attached hydrogens (primary N) is 1. The predicted octanol–water partition coefficient (Wildman–Crippen LogP) is 3.90. The Balaban J connectivity index is 0.00000280. The van der Waals surface area contributed by atoms with Crippen molar-refractivity contribution in [2.24, 2.45) is 5.73 Å². The van der Waals surface area contributed by atoms with Crippen molar-refractivity contribution in [2.45, 2.75) is 25.8 Å². The average Bonchev–Trinajstić information content (AvgIpc) is 3.12. The van der Waals surface area contributed by atoms with E-state index in [-0.39, 0.29) is 36.1 Å². The zero-order chi connectivity index (χ0) is 19.4. The fourth-order valence-electron chi connectivity index (χ4n) is 2.69. The maximum Gasteiger partial charge on any atom is 0.291 e. The third-order valence-corrected chi connectivity index (χ3v) is 4.46. The summed E-state index contributed by atoms with van der Waals surface area (Å²) in [5.74, 6) is 0.468. The first-order valence-corrected chi connectivity index (χ1v) is 9.15. The van der Waals surface area contributed by atoms with E-state index in [1.807, 2.05) is 62.4 Å². The van der Waals surface area contributed by atoms with Crippen molar-refractivity contribution >= 4 is 29.9 Å². The highest BCUT2D eigenvalue weighted by atomic mass is 35.5. The Bertz CT molecular complexity index is 927. The summed E-state index contributed by atoms with van der Waals surface area (Å²) in [6.45, 7) is 4.27. The van der Waals surface area contributed by atoms with Crippen molar-refractivity contribution < 1.29 is 4.79 Å². The third kappa shape index (κ3) is 4.90. The number of benzene rings is 2. The maximum atomic E-state index is 12.5. The van der Waals surface area contributed by atoms with Gasteiger partial charge in [-0.15, -0.1) is 17.5 Å². The first-order chi connectivity index (χ1) is 13.0. The number of rotatable bonds is 6. The Morgan fingerprint density at radius 1 is 1.14 bits per heavy atom. The molecule has 28 heavy (non-hydrogen) atoms. The molecule has 0 aliphatic heterocycles. The molecule has 1 heterocycles. The van der Waals surface area contributed by atoms with Gasteiger partial charge in [0.2, 0.25) is 5.82 Å². The molecular weight excluding hydrogens is 397 g/mol. The molecule has 148 valence electrons. The molecule has 1 atom stereocenters. The van der Waals surface area contributed by atoms with Gasteiger partial charge in [-0.1, -0.05) is 67.9 Å². The van der Waals surface area contributed by atoms with Crippen LogP contribution in [-0.2, 0) is 0 Å². The molecule has 3 aromatic rings. The number of nitrogens with one attached hydrogen (secondary N) is 1. The zero-order valence-corrected chi connectivity index (χ0v) is 17.2. The summed E-state index contributed by atoms with van der Waals surface area (Å²) >= 11 is 6.29. The Morgan fingerprint density at radius 3 is 2.43 bits per heavy atom. The van der Waals surface area contributed by atoms with E-state index < -0.39 is 0 Å². The van der Waals surface area contributed by atoms with Gasteiger partial charge >= 0.3 is 0 Å². The lowest BCUT2D eigenvalue weighted by Crippen LogP contribution is -2.32. The Kier molecular flexibility index (Phi) is 7.57. The quantitative estimate of drug-likeness (QED) is 0.634. The van der Waals surface area contributed by atoms with E-state index in [0.29, 0.717) is 23.1 Å². The number of aromatic nitrogens is 3. The molecule has 0 fully saturated rings. The van der Waals surface area contributed by atoms with E-state index in [4.69, 9.17) is 17.3 Å². The van der Waals surface area contributed by atoms with Crippen LogP contribution < -0.4 is 11.1 Å². The van der Waals surface area contributed by atoms with Gasteiger partial charge in [-0.25, -0.2) is 9.67 Å². The molecule has 0 saturated carbocycles. The van der Waals surface area contributed by atoms with Crippen LogP contribution in [0, 0.1) is 0 Å². The first kappa shape index (κ1) is 21.9. The lowest BCUT2D eigenvalue weighted by atomic mass is 10.1. The molecule has 0 aliphatic carbocycles. The molecule has 3 N–H and O–H groups in total. The number of amides is 1. The summed E-state index contributed by atoms with van der Waals surface area (Å²) in [5.41, 5.74) is 7.78. The van der Waals surface area contributed by atoms with Crippen LogP contribution in [0.15, 0.2) is 54.6 Å². The summed E-state index contributed by atoms with van der Waals surface area (Å²) in [7, 11) is 0. The monoisotopic (exact) mass is 419 g/mol. The fourth-order valence-corrected chi connectivity index (χ4v) is 2.91. The van der Waals surface area contributed by atoms with Crippen molar-refractivity contribution in [1.29, 1.82) is 0 Å². The maximum absolute atomic E-state index is 12.5. The second kappa shape index (κ2) is 9.68. The number of hydrogen-bond donors (Lipinski definition) is 2. The molecular formula is C20H23Cl2N5O. The minimum absolute atomic E-state index is 0. The van der Waals surface area contributed by atoms with E-state index in [2.05, 4.69) is 15.4 Å². The van der Waals surface area contributed by atoms with Crippen LogP contribution in [-0.4, -0.2) is 27.2 Å². The SMILES string of the molecule is CC(C)c1nc(C(=O)NCC(N)c2ccccc2)nn1-c1ccccc1Cl.Cl. The molecule has 0 radical (unpaired) electrons. The van der Waals surface area contributed by atoms with Gasteiger partial charge in [0.1, 0.15) is 5.82 Å². The van der Waals surface area contributed by atoms with Crippen molar-refractivity contribution in [2.75, 3.05) is 6.54 Å². The Morgan fingerprint density at radius 2 is 1.79 bits per heavy atom. The largest absolute Gasteiger partial charge is 0.347 e. The standard InChI is InChI=1S/C20H22ClN5O.ClH/c1-13(2)19-24-18(25-26(19)17-11-7-6-10-15(17)21)20(27)23-12-16(22)14-8-4-3-5-9-14;/h3-11,13,16H,12,22H2,1-2H3,(H,23,27);1H. The van der Waals surface area contributed by atoms with Crippen LogP contribution in [0.4, 0.5) is 0 Å². The minimum atomic E-state index is -0.367. The number of carbonyl (C=O) groups is 1. The van der Waals surface area contributed by atoms with Gasteiger partial charge in [-0.3, -0.25) is 4.79 Å². The van der Waals surface area contributed by atoms with Gasteiger partial charge in [0.15, 0.2) is 0 Å². The summed E-state index contributed by atoms with van der Waals surface area (Å²) < 4.78 is 1.62. The molecule has 3 rings (SSSR count). The van der Waals surface area contributed by atoms with Crippen molar-refractivity contribution in [3.05, 3.63) is 76.8 Å². The number of carbonyl (C=O) groups excluding carboxylic acids is 1.